The van der Waals surface area contributed by atoms with Crippen molar-refractivity contribution in [2.45, 2.75) is 19.4 Å². The standard InChI is InChI=1S/C18H22N6O.ClH/c1-3-14(19)10-21-17-6-7-20-18(23-17)15-8-12(4-5-16(15)25)13-9-22-24(2)11-13;/h4-9,11,14,25H,3,10,19H2,1-2H3,(H,20,21,23);1H/t14-;/m1./s1. The normalized spacial score (nSPS) is 11.7. The summed E-state index contributed by atoms with van der Waals surface area (Å²) < 4.78 is 1.74. The maximum atomic E-state index is 10.2. The van der Waals surface area contributed by atoms with E-state index in [-0.39, 0.29) is 24.2 Å². The van der Waals surface area contributed by atoms with Crippen molar-refractivity contribution in [1.29, 1.82) is 0 Å². The Morgan fingerprint density at radius 1 is 1.27 bits per heavy atom. The lowest BCUT2D eigenvalue weighted by atomic mass is 10.0. The fraction of sp³-hybridized carbons (Fsp3) is 0.278. The van der Waals surface area contributed by atoms with E-state index in [0.29, 0.717) is 23.8 Å². The van der Waals surface area contributed by atoms with Gasteiger partial charge in [0.05, 0.1) is 11.8 Å². The molecular weight excluding hydrogens is 352 g/mol. The Bertz CT molecular complexity index is 866. The molecule has 0 aliphatic rings. The maximum absolute atomic E-state index is 10.2. The topological polar surface area (TPSA) is 102 Å². The minimum absolute atomic E-state index is 0. The van der Waals surface area contributed by atoms with Gasteiger partial charge in [0.2, 0.25) is 0 Å². The predicted octanol–water partition coefficient (Wildman–Crippen LogP) is 2.82. The van der Waals surface area contributed by atoms with E-state index in [9.17, 15) is 5.11 Å². The van der Waals surface area contributed by atoms with Gasteiger partial charge < -0.3 is 16.2 Å². The molecule has 1 atom stereocenters. The van der Waals surface area contributed by atoms with Crippen molar-refractivity contribution >= 4 is 18.2 Å². The number of aromatic hydroxyl groups is 1. The molecule has 0 saturated carbocycles. The van der Waals surface area contributed by atoms with Crippen molar-refractivity contribution in [3.8, 4) is 28.3 Å². The quantitative estimate of drug-likeness (QED) is 0.613. The zero-order chi connectivity index (χ0) is 17.8. The Morgan fingerprint density at radius 2 is 2.08 bits per heavy atom. The maximum Gasteiger partial charge on any atom is 0.165 e. The number of phenolic OH excluding ortho intramolecular Hbond substituents is 1. The molecular formula is C18H23ClN6O. The first-order valence-corrected chi connectivity index (χ1v) is 8.21. The number of anilines is 1. The second-order valence-electron chi connectivity index (χ2n) is 5.95. The summed E-state index contributed by atoms with van der Waals surface area (Å²) in [6.07, 6.45) is 6.25. The average Bonchev–Trinajstić information content (AvgIpc) is 3.06. The highest BCUT2D eigenvalue weighted by Crippen LogP contribution is 2.31. The fourth-order valence-corrected chi connectivity index (χ4v) is 2.43. The van der Waals surface area contributed by atoms with E-state index in [4.69, 9.17) is 5.73 Å². The summed E-state index contributed by atoms with van der Waals surface area (Å²) >= 11 is 0. The number of rotatable bonds is 6. The van der Waals surface area contributed by atoms with Crippen LogP contribution in [0.1, 0.15) is 13.3 Å². The third-order valence-electron chi connectivity index (χ3n) is 4.00. The van der Waals surface area contributed by atoms with Gasteiger partial charge in [-0.1, -0.05) is 13.0 Å². The lowest BCUT2D eigenvalue weighted by Gasteiger charge is -2.12. The number of aryl methyl sites for hydroxylation is 1. The van der Waals surface area contributed by atoms with Gasteiger partial charge in [-0.05, 0) is 30.2 Å². The summed E-state index contributed by atoms with van der Waals surface area (Å²) in [6.45, 7) is 2.67. The van der Waals surface area contributed by atoms with Crippen LogP contribution in [-0.2, 0) is 7.05 Å². The number of benzene rings is 1. The van der Waals surface area contributed by atoms with Crippen LogP contribution in [-0.4, -0.2) is 37.4 Å². The minimum atomic E-state index is 0. The van der Waals surface area contributed by atoms with E-state index in [0.717, 1.165) is 17.5 Å². The first kappa shape index (κ1) is 19.7. The summed E-state index contributed by atoms with van der Waals surface area (Å²) in [6, 6.07) is 7.21. The third kappa shape index (κ3) is 4.50. The Balaban J connectivity index is 0.00000243. The van der Waals surface area contributed by atoms with E-state index in [1.54, 1.807) is 29.2 Å². The summed E-state index contributed by atoms with van der Waals surface area (Å²) in [7, 11) is 1.87. The summed E-state index contributed by atoms with van der Waals surface area (Å²) in [4.78, 5) is 8.79. The zero-order valence-electron chi connectivity index (χ0n) is 14.8. The molecule has 3 aromatic rings. The number of nitrogens with two attached hydrogens (primary N) is 1. The second kappa shape index (κ2) is 8.64. The molecule has 138 valence electrons. The van der Waals surface area contributed by atoms with Crippen LogP contribution in [0.2, 0.25) is 0 Å². The molecule has 0 aliphatic carbocycles. The smallest absolute Gasteiger partial charge is 0.165 e. The SMILES string of the molecule is CC[C@@H](N)CNc1ccnc(-c2cc(-c3cnn(C)c3)ccc2O)n1.Cl. The molecule has 3 rings (SSSR count). The number of aromatic nitrogens is 4. The van der Waals surface area contributed by atoms with E-state index < -0.39 is 0 Å². The molecule has 26 heavy (non-hydrogen) atoms. The monoisotopic (exact) mass is 374 g/mol. The predicted molar refractivity (Wildman–Crippen MR) is 105 cm³/mol. The number of halogens is 1. The summed E-state index contributed by atoms with van der Waals surface area (Å²) in [5.74, 6) is 1.27. The third-order valence-corrected chi connectivity index (χ3v) is 4.00. The van der Waals surface area contributed by atoms with E-state index >= 15 is 0 Å². The van der Waals surface area contributed by atoms with Gasteiger partial charge in [0.15, 0.2) is 5.82 Å². The van der Waals surface area contributed by atoms with Gasteiger partial charge in [0.25, 0.3) is 0 Å². The van der Waals surface area contributed by atoms with Gasteiger partial charge >= 0.3 is 0 Å². The van der Waals surface area contributed by atoms with Crippen LogP contribution in [0.15, 0.2) is 42.9 Å². The Kier molecular flexibility index (Phi) is 6.54. The molecule has 0 aliphatic heterocycles. The number of hydrogen-bond donors (Lipinski definition) is 3. The van der Waals surface area contributed by atoms with Gasteiger partial charge in [0, 0.05) is 37.6 Å². The fourth-order valence-electron chi connectivity index (χ4n) is 2.43. The van der Waals surface area contributed by atoms with Crippen LogP contribution < -0.4 is 11.1 Å². The first-order valence-electron chi connectivity index (χ1n) is 8.21. The molecule has 0 fully saturated rings. The summed E-state index contributed by atoms with van der Waals surface area (Å²) in [5.41, 5.74) is 8.41. The van der Waals surface area contributed by atoms with Crippen molar-refractivity contribution in [2.24, 2.45) is 12.8 Å². The Morgan fingerprint density at radius 3 is 2.77 bits per heavy atom. The van der Waals surface area contributed by atoms with Crippen LogP contribution in [0.4, 0.5) is 5.82 Å². The van der Waals surface area contributed by atoms with Crippen LogP contribution >= 0.6 is 12.4 Å². The zero-order valence-corrected chi connectivity index (χ0v) is 15.6. The van der Waals surface area contributed by atoms with Crippen LogP contribution in [0, 0.1) is 0 Å². The number of hydrogen-bond acceptors (Lipinski definition) is 6. The van der Waals surface area contributed by atoms with Crippen molar-refractivity contribution < 1.29 is 5.11 Å². The molecule has 8 heteroatoms. The van der Waals surface area contributed by atoms with Gasteiger partial charge in [0.1, 0.15) is 11.6 Å². The van der Waals surface area contributed by atoms with Gasteiger partial charge in [-0.25, -0.2) is 9.97 Å². The first-order chi connectivity index (χ1) is 12.1. The largest absolute Gasteiger partial charge is 0.507 e. The van der Waals surface area contributed by atoms with Crippen molar-refractivity contribution in [2.75, 3.05) is 11.9 Å². The lowest BCUT2D eigenvalue weighted by Crippen LogP contribution is -2.28. The number of phenols is 1. The van der Waals surface area contributed by atoms with E-state index in [1.165, 1.54) is 0 Å². The molecule has 2 heterocycles. The lowest BCUT2D eigenvalue weighted by molar-refractivity contribution is 0.477. The van der Waals surface area contributed by atoms with Crippen LogP contribution in [0.25, 0.3) is 22.5 Å². The molecule has 4 N–H and O–H groups in total. The molecule has 0 amide bonds. The van der Waals surface area contributed by atoms with Crippen molar-refractivity contribution in [3.05, 3.63) is 42.9 Å². The molecule has 0 radical (unpaired) electrons. The van der Waals surface area contributed by atoms with Gasteiger partial charge in [-0.2, -0.15) is 5.10 Å². The highest BCUT2D eigenvalue weighted by atomic mass is 35.5. The Hall–Kier alpha value is -2.64. The minimum Gasteiger partial charge on any atom is -0.507 e. The van der Waals surface area contributed by atoms with Crippen molar-refractivity contribution in [3.63, 3.8) is 0 Å². The highest BCUT2D eigenvalue weighted by molar-refractivity contribution is 5.85. The highest BCUT2D eigenvalue weighted by Gasteiger charge is 2.11. The molecule has 0 spiro atoms. The van der Waals surface area contributed by atoms with Gasteiger partial charge in [-0.15, -0.1) is 12.4 Å². The second-order valence-corrected chi connectivity index (χ2v) is 5.95. The molecule has 1 aromatic carbocycles. The van der Waals surface area contributed by atoms with Gasteiger partial charge in [-0.3, -0.25) is 4.68 Å². The van der Waals surface area contributed by atoms with Crippen LogP contribution in [0.3, 0.4) is 0 Å². The van der Waals surface area contributed by atoms with Crippen molar-refractivity contribution in [1.82, 2.24) is 19.7 Å². The average molecular weight is 375 g/mol. The van der Waals surface area contributed by atoms with E-state index in [2.05, 4.69) is 20.4 Å². The summed E-state index contributed by atoms with van der Waals surface area (Å²) in [5, 5.41) is 17.6. The molecule has 2 aromatic heterocycles. The molecule has 0 bridgehead atoms. The molecule has 0 unspecified atom stereocenters. The Labute approximate surface area is 158 Å². The molecule has 0 saturated heterocycles. The molecule has 7 nitrogen and oxygen atoms in total. The van der Waals surface area contributed by atoms with E-state index in [1.807, 2.05) is 32.3 Å². The van der Waals surface area contributed by atoms with Crippen LogP contribution in [0.5, 0.6) is 5.75 Å². The number of nitrogens with zero attached hydrogens (tertiary/aromatic N) is 4. The number of nitrogens with one attached hydrogen (secondary N) is 1.